The number of nitrogens with zero attached hydrogens (tertiary/aromatic N) is 1. The molecule has 0 aliphatic heterocycles. The fourth-order valence-electron chi connectivity index (χ4n) is 2.37. The van der Waals surface area contributed by atoms with Crippen molar-refractivity contribution in [3.8, 4) is 5.75 Å². The topological polar surface area (TPSA) is 74.8 Å². The van der Waals surface area contributed by atoms with Crippen molar-refractivity contribution in [3.63, 3.8) is 0 Å². The minimum Gasteiger partial charge on any atom is -0.497 e. The molecule has 2 rings (SSSR count). The number of amides is 1. The first-order chi connectivity index (χ1) is 13.1. The second-order valence-corrected chi connectivity index (χ2v) is 6.29. The Labute approximate surface area is 165 Å². The molecule has 27 heavy (non-hydrogen) atoms. The average Bonchev–Trinajstić information content (AvgIpc) is 2.70. The van der Waals surface area contributed by atoms with Crippen molar-refractivity contribution in [2.75, 3.05) is 27.2 Å². The normalized spacial score (nSPS) is 11.0. The maximum Gasteiger partial charge on any atom is 0.239 e. The Balaban J connectivity index is 1.66. The van der Waals surface area contributed by atoms with Crippen LogP contribution in [0.2, 0.25) is 5.02 Å². The molecule has 2 aromatic carbocycles. The standard InChI is InChI=1S/C20H25ClN4O2/c1-22-20(23-12-11-15-3-7-17(21)8-4-15)25-14-19(26)24-13-16-5-9-18(27-2)10-6-16/h3-10H,11-14H2,1-2H3,(H,24,26)(H2,22,23,25). The van der Waals surface area contributed by atoms with Crippen LogP contribution in [-0.4, -0.2) is 39.1 Å². The molecular weight excluding hydrogens is 364 g/mol. The fraction of sp³-hybridized carbons (Fsp3) is 0.300. The first-order valence-corrected chi connectivity index (χ1v) is 9.07. The van der Waals surface area contributed by atoms with Gasteiger partial charge in [0, 0.05) is 25.2 Å². The molecule has 0 saturated heterocycles. The fourth-order valence-corrected chi connectivity index (χ4v) is 2.49. The van der Waals surface area contributed by atoms with Gasteiger partial charge in [0.05, 0.1) is 13.7 Å². The molecule has 144 valence electrons. The Bertz CT molecular complexity index is 746. The molecule has 1 amide bonds. The second-order valence-electron chi connectivity index (χ2n) is 5.85. The summed E-state index contributed by atoms with van der Waals surface area (Å²) in [6.45, 7) is 1.32. The van der Waals surface area contributed by atoms with Gasteiger partial charge in [-0.3, -0.25) is 9.79 Å². The van der Waals surface area contributed by atoms with E-state index in [2.05, 4.69) is 20.9 Å². The van der Waals surface area contributed by atoms with Crippen LogP contribution in [0.1, 0.15) is 11.1 Å². The van der Waals surface area contributed by atoms with Gasteiger partial charge < -0.3 is 20.7 Å². The van der Waals surface area contributed by atoms with E-state index in [1.165, 1.54) is 5.56 Å². The highest BCUT2D eigenvalue weighted by molar-refractivity contribution is 6.30. The van der Waals surface area contributed by atoms with Crippen molar-refractivity contribution in [2.24, 2.45) is 4.99 Å². The predicted molar refractivity (Wildman–Crippen MR) is 109 cm³/mol. The van der Waals surface area contributed by atoms with Crippen LogP contribution in [0.4, 0.5) is 0 Å². The van der Waals surface area contributed by atoms with Crippen molar-refractivity contribution in [1.82, 2.24) is 16.0 Å². The molecular formula is C20H25ClN4O2. The van der Waals surface area contributed by atoms with Gasteiger partial charge in [0.1, 0.15) is 5.75 Å². The SMILES string of the molecule is CN=C(NCCc1ccc(Cl)cc1)NCC(=O)NCc1ccc(OC)cc1. The van der Waals surface area contributed by atoms with E-state index in [9.17, 15) is 4.79 Å². The number of methoxy groups -OCH3 is 1. The second kappa shape index (κ2) is 11.1. The van der Waals surface area contributed by atoms with Gasteiger partial charge in [0.2, 0.25) is 5.91 Å². The van der Waals surface area contributed by atoms with E-state index in [-0.39, 0.29) is 12.5 Å². The van der Waals surface area contributed by atoms with Crippen LogP contribution in [0, 0.1) is 0 Å². The number of halogens is 1. The Morgan fingerprint density at radius 1 is 1.00 bits per heavy atom. The number of ether oxygens (including phenoxy) is 1. The van der Waals surface area contributed by atoms with E-state index in [0.717, 1.165) is 22.8 Å². The number of carbonyl (C=O) groups excluding carboxylic acids is 1. The van der Waals surface area contributed by atoms with Gasteiger partial charge in [0.15, 0.2) is 5.96 Å². The molecule has 0 atom stereocenters. The predicted octanol–water partition coefficient (Wildman–Crippen LogP) is 2.37. The summed E-state index contributed by atoms with van der Waals surface area (Å²) in [5.74, 6) is 1.27. The summed E-state index contributed by atoms with van der Waals surface area (Å²) in [4.78, 5) is 16.1. The number of aliphatic imine (C=N–C) groups is 1. The van der Waals surface area contributed by atoms with Crippen molar-refractivity contribution < 1.29 is 9.53 Å². The van der Waals surface area contributed by atoms with E-state index in [1.54, 1.807) is 14.2 Å². The first-order valence-electron chi connectivity index (χ1n) is 8.69. The van der Waals surface area contributed by atoms with Crippen LogP contribution < -0.4 is 20.7 Å². The van der Waals surface area contributed by atoms with Crippen LogP contribution in [0.5, 0.6) is 5.75 Å². The number of nitrogens with one attached hydrogen (secondary N) is 3. The zero-order valence-corrected chi connectivity index (χ0v) is 16.3. The molecule has 7 heteroatoms. The molecule has 0 aliphatic carbocycles. The lowest BCUT2D eigenvalue weighted by Gasteiger charge is -2.12. The average molecular weight is 389 g/mol. The number of rotatable bonds is 8. The highest BCUT2D eigenvalue weighted by Gasteiger charge is 2.04. The van der Waals surface area contributed by atoms with Gasteiger partial charge in [0.25, 0.3) is 0 Å². The van der Waals surface area contributed by atoms with Gasteiger partial charge in [-0.2, -0.15) is 0 Å². The molecule has 0 aliphatic rings. The Hall–Kier alpha value is -2.73. The number of benzene rings is 2. The first kappa shape index (κ1) is 20.6. The van der Waals surface area contributed by atoms with Crippen LogP contribution in [-0.2, 0) is 17.8 Å². The summed E-state index contributed by atoms with van der Waals surface area (Å²) in [5, 5.41) is 9.78. The van der Waals surface area contributed by atoms with Crippen molar-refractivity contribution >= 4 is 23.5 Å². The van der Waals surface area contributed by atoms with Crippen LogP contribution in [0.15, 0.2) is 53.5 Å². The Morgan fingerprint density at radius 3 is 2.30 bits per heavy atom. The van der Waals surface area contributed by atoms with Crippen LogP contribution >= 0.6 is 11.6 Å². The molecule has 0 fully saturated rings. The molecule has 0 spiro atoms. The van der Waals surface area contributed by atoms with Gasteiger partial charge in [-0.15, -0.1) is 0 Å². The third-order valence-electron chi connectivity index (χ3n) is 3.91. The Kier molecular flexibility index (Phi) is 8.45. The van der Waals surface area contributed by atoms with Crippen LogP contribution in [0.25, 0.3) is 0 Å². The van der Waals surface area contributed by atoms with Gasteiger partial charge in [-0.25, -0.2) is 0 Å². The van der Waals surface area contributed by atoms with E-state index in [1.807, 2.05) is 48.5 Å². The minimum atomic E-state index is -0.105. The third-order valence-corrected chi connectivity index (χ3v) is 4.16. The molecule has 2 aromatic rings. The van der Waals surface area contributed by atoms with Crippen molar-refractivity contribution in [1.29, 1.82) is 0 Å². The lowest BCUT2D eigenvalue weighted by atomic mass is 10.1. The molecule has 3 N–H and O–H groups in total. The van der Waals surface area contributed by atoms with Gasteiger partial charge >= 0.3 is 0 Å². The molecule has 6 nitrogen and oxygen atoms in total. The zero-order valence-electron chi connectivity index (χ0n) is 15.6. The maximum absolute atomic E-state index is 12.0. The molecule has 0 unspecified atom stereocenters. The monoisotopic (exact) mass is 388 g/mol. The van der Waals surface area contributed by atoms with E-state index in [4.69, 9.17) is 16.3 Å². The lowest BCUT2D eigenvalue weighted by molar-refractivity contribution is -0.120. The molecule has 0 saturated carbocycles. The maximum atomic E-state index is 12.0. The van der Waals surface area contributed by atoms with Crippen molar-refractivity contribution in [3.05, 3.63) is 64.7 Å². The van der Waals surface area contributed by atoms with E-state index >= 15 is 0 Å². The Morgan fingerprint density at radius 2 is 1.67 bits per heavy atom. The third kappa shape index (κ3) is 7.58. The smallest absolute Gasteiger partial charge is 0.239 e. The number of hydrogen-bond acceptors (Lipinski definition) is 3. The van der Waals surface area contributed by atoms with E-state index in [0.29, 0.717) is 19.0 Å². The summed E-state index contributed by atoms with van der Waals surface area (Å²) < 4.78 is 5.11. The number of carbonyl (C=O) groups is 1. The quantitative estimate of drug-likeness (QED) is 0.479. The molecule has 0 bridgehead atoms. The summed E-state index contributed by atoms with van der Waals surface area (Å²) in [6.07, 6.45) is 0.835. The number of guanidine groups is 1. The van der Waals surface area contributed by atoms with Gasteiger partial charge in [-0.1, -0.05) is 35.9 Å². The van der Waals surface area contributed by atoms with Gasteiger partial charge in [-0.05, 0) is 41.8 Å². The van der Waals surface area contributed by atoms with Crippen molar-refractivity contribution in [2.45, 2.75) is 13.0 Å². The summed E-state index contributed by atoms with van der Waals surface area (Å²) in [5.41, 5.74) is 2.19. The van der Waals surface area contributed by atoms with E-state index < -0.39 is 0 Å². The largest absolute Gasteiger partial charge is 0.497 e. The zero-order chi connectivity index (χ0) is 19.5. The molecule has 0 heterocycles. The summed E-state index contributed by atoms with van der Waals surface area (Å²) in [6, 6.07) is 15.3. The molecule has 0 radical (unpaired) electrons. The highest BCUT2D eigenvalue weighted by Crippen LogP contribution is 2.11. The minimum absolute atomic E-state index is 0.105. The van der Waals surface area contributed by atoms with Crippen LogP contribution in [0.3, 0.4) is 0 Å². The summed E-state index contributed by atoms with van der Waals surface area (Å²) in [7, 11) is 3.30. The highest BCUT2D eigenvalue weighted by atomic mass is 35.5. The lowest BCUT2D eigenvalue weighted by Crippen LogP contribution is -2.43. The number of hydrogen-bond donors (Lipinski definition) is 3. The molecule has 0 aromatic heterocycles. The summed E-state index contributed by atoms with van der Waals surface area (Å²) >= 11 is 5.88.